The third kappa shape index (κ3) is 7.75. The van der Waals surface area contributed by atoms with Crippen LogP contribution >= 0.6 is 0 Å². The summed E-state index contributed by atoms with van der Waals surface area (Å²) in [5.74, 6) is -1.88. The summed E-state index contributed by atoms with van der Waals surface area (Å²) in [5, 5.41) is 14.3. The number of piperidine rings is 1. The maximum absolute atomic E-state index is 13.8. The van der Waals surface area contributed by atoms with Gasteiger partial charge in [0.1, 0.15) is 11.9 Å². The first kappa shape index (κ1) is 27.1. The van der Waals surface area contributed by atoms with E-state index >= 15 is 0 Å². The molecule has 1 saturated heterocycles. The molecule has 1 saturated carbocycles. The van der Waals surface area contributed by atoms with Gasteiger partial charge in [-0.3, -0.25) is 4.79 Å². The second-order valence-electron chi connectivity index (χ2n) is 10.5. The summed E-state index contributed by atoms with van der Waals surface area (Å²) in [6.07, 6.45) is -1.67. The van der Waals surface area contributed by atoms with Crippen molar-refractivity contribution >= 4 is 12.0 Å². The van der Waals surface area contributed by atoms with Gasteiger partial charge in [-0.05, 0) is 64.2 Å². The number of benzene rings is 1. The second kappa shape index (κ2) is 10.6. The minimum absolute atomic E-state index is 0.154. The van der Waals surface area contributed by atoms with E-state index < -0.39 is 41.4 Å². The molecule has 0 radical (unpaired) electrons. The molecule has 2 N–H and O–H groups in total. The van der Waals surface area contributed by atoms with E-state index in [4.69, 9.17) is 4.74 Å². The summed E-state index contributed by atoms with van der Waals surface area (Å²) in [7, 11) is 0. The highest BCUT2D eigenvalue weighted by molar-refractivity contribution is 5.85. The third-order valence-corrected chi connectivity index (χ3v) is 6.37. The van der Waals surface area contributed by atoms with Crippen LogP contribution < -0.4 is 10.1 Å². The fraction of sp³-hybridized carbons (Fsp3) is 0.680. The maximum Gasteiger partial charge on any atom is 0.573 e. The third-order valence-electron chi connectivity index (χ3n) is 6.37. The smallest absolute Gasteiger partial charge is 0.444 e. The van der Waals surface area contributed by atoms with Crippen molar-refractivity contribution in [3.8, 4) is 5.75 Å². The number of amides is 2. The predicted octanol–water partition coefficient (Wildman–Crippen LogP) is 4.88. The van der Waals surface area contributed by atoms with E-state index in [0.717, 1.165) is 19.3 Å². The Morgan fingerprint density at radius 1 is 1.14 bits per heavy atom. The fourth-order valence-electron chi connectivity index (χ4n) is 4.93. The Bertz CT molecular complexity index is 894. The predicted molar refractivity (Wildman–Crippen MR) is 123 cm³/mol. The molecule has 2 atom stereocenters. The van der Waals surface area contributed by atoms with Crippen molar-refractivity contribution < 1.29 is 37.3 Å². The zero-order valence-corrected chi connectivity index (χ0v) is 20.5. The molecule has 7 nitrogen and oxygen atoms in total. The minimum Gasteiger partial charge on any atom is -0.444 e. The molecule has 196 valence electrons. The van der Waals surface area contributed by atoms with E-state index in [0.29, 0.717) is 32.2 Å². The first-order valence-electron chi connectivity index (χ1n) is 12.1. The van der Waals surface area contributed by atoms with Crippen LogP contribution in [0.1, 0.15) is 77.2 Å². The van der Waals surface area contributed by atoms with Gasteiger partial charge < -0.3 is 24.8 Å². The van der Waals surface area contributed by atoms with E-state index in [1.54, 1.807) is 11.0 Å². The standard InChI is InChI=1S/C25H35F3N2O5/c1-23(2,3)29-22(32)34-19-11-8-14-30(16-19)21(31)20(24(33)12-5-4-6-13-24)17-9-7-10-18(15-17)35-25(26,27)28/h7,9-10,15,19-20,33H,4-6,8,11-14,16H2,1-3H3,(H,29,32)/t19-,20?/m1/s1. The maximum atomic E-state index is 13.8. The Kier molecular flexibility index (Phi) is 8.24. The Morgan fingerprint density at radius 3 is 2.46 bits per heavy atom. The van der Waals surface area contributed by atoms with Gasteiger partial charge in [-0.2, -0.15) is 0 Å². The van der Waals surface area contributed by atoms with E-state index in [-0.39, 0.29) is 18.0 Å². The molecule has 1 aliphatic heterocycles. The molecule has 1 aromatic rings. The van der Waals surface area contributed by atoms with Gasteiger partial charge in [-0.15, -0.1) is 13.2 Å². The van der Waals surface area contributed by atoms with Crippen LogP contribution in [-0.2, 0) is 9.53 Å². The minimum atomic E-state index is -4.87. The summed E-state index contributed by atoms with van der Waals surface area (Å²) in [5.41, 5.74) is -1.58. The average Bonchev–Trinajstić information content (AvgIpc) is 2.72. The molecular formula is C25H35F3N2O5. The first-order valence-corrected chi connectivity index (χ1v) is 12.1. The summed E-state index contributed by atoms with van der Waals surface area (Å²) in [4.78, 5) is 27.6. The molecule has 35 heavy (non-hydrogen) atoms. The number of hydrogen-bond donors (Lipinski definition) is 2. The zero-order valence-electron chi connectivity index (χ0n) is 20.5. The number of rotatable bonds is 5. The quantitative estimate of drug-likeness (QED) is 0.602. The van der Waals surface area contributed by atoms with Crippen LogP contribution in [-0.4, -0.2) is 58.7 Å². The van der Waals surface area contributed by atoms with Gasteiger partial charge in [0, 0.05) is 12.1 Å². The number of alkyl carbamates (subject to hydrolysis) is 1. The molecule has 2 aliphatic rings. The molecule has 10 heteroatoms. The highest BCUT2D eigenvalue weighted by Crippen LogP contribution is 2.42. The van der Waals surface area contributed by atoms with Crippen LogP contribution in [0, 0.1) is 0 Å². The van der Waals surface area contributed by atoms with Gasteiger partial charge in [-0.1, -0.05) is 31.4 Å². The molecule has 2 amide bonds. The summed E-state index contributed by atoms with van der Waals surface area (Å²) in [6.45, 7) is 6.05. The van der Waals surface area contributed by atoms with E-state index in [9.17, 15) is 27.9 Å². The van der Waals surface area contributed by atoms with Crippen LogP contribution in [0.3, 0.4) is 0 Å². The molecule has 1 aliphatic carbocycles. The lowest BCUT2D eigenvalue weighted by atomic mass is 9.72. The lowest BCUT2D eigenvalue weighted by molar-refractivity contribution is -0.274. The number of carbonyl (C=O) groups is 2. The van der Waals surface area contributed by atoms with Crippen LogP contribution in [0.25, 0.3) is 0 Å². The highest BCUT2D eigenvalue weighted by atomic mass is 19.4. The molecule has 2 fully saturated rings. The number of likely N-dealkylation sites (tertiary alicyclic amines) is 1. The van der Waals surface area contributed by atoms with Crippen LogP contribution in [0.5, 0.6) is 5.75 Å². The summed E-state index contributed by atoms with van der Waals surface area (Å²) in [6, 6.07) is 5.29. The monoisotopic (exact) mass is 500 g/mol. The Balaban J connectivity index is 1.83. The Morgan fingerprint density at radius 2 is 1.83 bits per heavy atom. The fourth-order valence-corrected chi connectivity index (χ4v) is 4.93. The van der Waals surface area contributed by atoms with Crippen molar-refractivity contribution in [1.82, 2.24) is 10.2 Å². The molecule has 0 bridgehead atoms. The van der Waals surface area contributed by atoms with Gasteiger partial charge in [0.25, 0.3) is 0 Å². The zero-order chi connectivity index (χ0) is 25.9. The van der Waals surface area contributed by atoms with E-state index in [1.807, 2.05) is 20.8 Å². The topological polar surface area (TPSA) is 88.1 Å². The van der Waals surface area contributed by atoms with Crippen LogP contribution in [0.4, 0.5) is 18.0 Å². The molecule has 1 unspecified atom stereocenters. The first-order chi connectivity index (χ1) is 16.3. The van der Waals surface area contributed by atoms with Gasteiger partial charge in [0.2, 0.25) is 5.91 Å². The summed E-state index contributed by atoms with van der Waals surface area (Å²) >= 11 is 0. The SMILES string of the molecule is CC(C)(C)NC(=O)O[C@@H]1CCCN(C(=O)C(c2cccc(OC(F)(F)F)c2)C2(O)CCCCC2)C1. The number of ether oxygens (including phenoxy) is 2. The number of hydrogen-bond acceptors (Lipinski definition) is 5. The van der Waals surface area contributed by atoms with Gasteiger partial charge in [0.05, 0.1) is 18.1 Å². The highest BCUT2D eigenvalue weighted by Gasteiger charge is 2.46. The molecule has 1 aromatic carbocycles. The normalized spacial score (nSPS) is 21.7. The van der Waals surface area contributed by atoms with E-state index in [1.165, 1.54) is 18.2 Å². The molecule has 0 spiro atoms. The Hall–Kier alpha value is -2.49. The lowest BCUT2D eigenvalue weighted by Gasteiger charge is -2.42. The van der Waals surface area contributed by atoms with Crippen LogP contribution in [0.2, 0.25) is 0 Å². The molecule has 1 heterocycles. The van der Waals surface area contributed by atoms with Crippen molar-refractivity contribution in [3.63, 3.8) is 0 Å². The second-order valence-corrected chi connectivity index (χ2v) is 10.5. The molecule has 0 aromatic heterocycles. The van der Waals surface area contributed by atoms with Crippen molar-refractivity contribution in [1.29, 1.82) is 0 Å². The molecular weight excluding hydrogens is 465 g/mol. The summed E-state index contributed by atoms with van der Waals surface area (Å²) < 4.78 is 48.0. The van der Waals surface area contributed by atoms with Gasteiger partial charge in [0.15, 0.2) is 0 Å². The van der Waals surface area contributed by atoms with Crippen molar-refractivity contribution in [2.75, 3.05) is 13.1 Å². The number of nitrogens with one attached hydrogen (secondary N) is 1. The number of nitrogens with zero attached hydrogens (tertiary/aromatic N) is 1. The Labute approximate surface area is 204 Å². The van der Waals surface area contributed by atoms with Crippen LogP contribution in [0.15, 0.2) is 24.3 Å². The van der Waals surface area contributed by atoms with Crippen molar-refractivity contribution in [3.05, 3.63) is 29.8 Å². The van der Waals surface area contributed by atoms with Gasteiger partial charge in [-0.25, -0.2) is 4.79 Å². The number of alkyl halides is 3. The molecule has 3 rings (SSSR count). The largest absolute Gasteiger partial charge is 0.573 e. The van der Waals surface area contributed by atoms with E-state index in [2.05, 4.69) is 10.1 Å². The number of halogens is 3. The average molecular weight is 501 g/mol. The van der Waals surface area contributed by atoms with Gasteiger partial charge >= 0.3 is 12.5 Å². The van der Waals surface area contributed by atoms with Crippen molar-refractivity contribution in [2.24, 2.45) is 0 Å². The lowest BCUT2D eigenvalue weighted by Crippen LogP contribution is -2.52. The number of aliphatic hydroxyl groups is 1. The number of carbonyl (C=O) groups excluding carboxylic acids is 2. The van der Waals surface area contributed by atoms with Crippen molar-refractivity contribution in [2.45, 2.75) is 95.2 Å².